The summed E-state index contributed by atoms with van der Waals surface area (Å²) in [6.07, 6.45) is 0.767. The Balaban J connectivity index is 1.85. The van der Waals surface area contributed by atoms with Gasteiger partial charge in [0.05, 0.1) is 20.0 Å². The Labute approximate surface area is 182 Å². The van der Waals surface area contributed by atoms with Gasteiger partial charge in [0.15, 0.2) is 22.5 Å². The molecule has 0 bridgehead atoms. The molecular formula is C20H25F3N4O3S. The van der Waals surface area contributed by atoms with Crippen LogP contribution in [0.15, 0.2) is 23.4 Å². The van der Waals surface area contributed by atoms with Crippen LogP contribution in [0.2, 0.25) is 0 Å². The average Bonchev–Trinajstić information content (AvgIpc) is 3.19. The molecule has 1 aromatic heterocycles. The predicted octanol–water partition coefficient (Wildman–Crippen LogP) is 4.24. The molecule has 2 aromatic rings. The van der Waals surface area contributed by atoms with Crippen LogP contribution in [0, 0.1) is 0 Å². The van der Waals surface area contributed by atoms with Gasteiger partial charge < -0.3 is 14.8 Å². The number of hydrogen-bond donors (Lipinski definition) is 1. The second kappa shape index (κ2) is 10.3. The zero-order valence-corrected chi connectivity index (χ0v) is 18.2. The SMILES string of the molecule is COc1ccc(-c2nnc(SCC(=O)NCC(F)(F)F)n2C2CCCCC2)cc1OC. The minimum absolute atomic E-state index is 0.160. The number of benzene rings is 1. The van der Waals surface area contributed by atoms with Gasteiger partial charge in [-0.15, -0.1) is 10.2 Å². The molecule has 1 aliphatic carbocycles. The van der Waals surface area contributed by atoms with Crippen molar-refractivity contribution in [1.82, 2.24) is 20.1 Å². The quantitative estimate of drug-likeness (QED) is 0.597. The van der Waals surface area contributed by atoms with Gasteiger partial charge in [0.2, 0.25) is 5.91 Å². The molecule has 0 unspecified atom stereocenters. The van der Waals surface area contributed by atoms with Gasteiger partial charge in [-0.2, -0.15) is 13.2 Å². The largest absolute Gasteiger partial charge is 0.493 e. The van der Waals surface area contributed by atoms with Crippen LogP contribution in [0.4, 0.5) is 13.2 Å². The molecule has 1 aliphatic rings. The third-order valence-electron chi connectivity index (χ3n) is 5.06. The molecule has 1 N–H and O–H groups in total. The zero-order valence-electron chi connectivity index (χ0n) is 17.4. The lowest BCUT2D eigenvalue weighted by Gasteiger charge is -2.25. The van der Waals surface area contributed by atoms with Crippen LogP contribution in [0.3, 0.4) is 0 Å². The van der Waals surface area contributed by atoms with E-state index in [9.17, 15) is 18.0 Å². The number of carbonyl (C=O) groups excluding carboxylic acids is 1. The van der Waals surface area contributed by atoms with Crippen LogP contribution in [-0.2, 0) is 4.79 Å². The number of aromatic nitrogens is 3. The van der Waals surface area contributed by atoms with Crippen LogP contribution >= 0.6 is 11.8 Å². The van der Waals surface area contributed by atoms with Crippen LogP contribution in [0.1, 0.15) is 38.1 Å². The minimum Gasteiger partial charge on any atom is -0.493 e. The predicted molar refractivity (Wildman–Crippen MR) is 110 cm³/mol. The zero-order chi connectivity index (χ0) is 22.4. The number of halogens is 3. The summed E-state index contributed by atoms with van der Waals surface area (Å²) in [7, 11) is 3.11. The van der Waals surface area contributed by atoms with Crippen molar-refractivity contribution in [3.8, 4) is 22.9 Å². The summed E-state index contributed by atoms with van der Waals surface area (Å²) in [5.41, 5.74) is 0.782. The number of methoxy groups -OCH3 is 2. The highest BCUT2D eigenvalue weighted by atomic mass is 32.2. The number of carbonyl (C=O) groups is 1. The highest BCUT2D eigenvalue weighted by Crippen LogP contribution is 2.38. The topological polar surface area (TPSA) is 78.3 Å². The summed E-state index contributed by atoms with van der Waals surface area (Å²) in [6, 6.07) is 5.61. The molecule has 7 nitrogen and oxygen atoms in total. The number of rotatable bonds is 8. The second-order valence-electron chi connectivity index (χ2n) is 7.22. The fraction of sp³-hybridized carbons (Fsp3) is 0.550. The molecule has 31 heavy (non-hydrogen) atoms. The first-order chi connectivity index (χ1) is 14.8. The van der Waals surface area contributed by atoms with Gasteiger partial charge in [0.1, 0.15) is 6.54 Å². The smallest absolute Gasteiger partial charge is 0.405 e. The van der Waals surface area contributed by atoms with Crippen molar-refractivity contribution in [2.24, 2.45) is 0 Å². The van der Waals surface area contributed by atoms with Crippen molar-refractivity contribution in [2.75, 3.05) is 26.5 Å². The third kappa shape index (κ3) is 6.05. The summed E-state index contributed by atoms with van der Waals surface area (Å²) in [6.45, 7) is -1.35. The van der Waals surface area contributed by atoms with E-state index in [1.165, 1.54) is 0 Å². The van der Waals surface area contributed by atoms with E-state index in [1.807, 2.05) is 22.0 Å². The van der Waals surface area contributed by atoms with Crippen molar-refractivity contribution < 1.29 is 27.4 Å². The van der Waals surface area contributed by atoms with Gasteiger partial charge in [-0.3, -0.25) is 9.36 Å². The second-order valence-corrected chi connectivity index (χ2v) is 8.16. The Morgan fingerprint density at radius 2 is 1.87 bits per heavy atom. The molecule has 0 spiro atoms. The van der Waals surface area contributed by atoms with E-state index in [0.717, 1.165) is 49.4 Å². The van der Waals surface area contributed by atoms with E-state index < -0.39 is 18.6 Å². The fourth-order valence-corrected chi connectivity index (χ4v) is 4.43. The molecular weight excluding hydrogens is 433 g/mol. The summed E-state index contributed by atoms with van der Waals surface area (Å²) >= 11 is 1.09. The molecule has 0 aliphatic heterocycles. The number of thioether (sulfide) groups is 1. The van der Waals surface area contributed by atoms with Crippen molar-refractivity contribution in [3.63, 3.8) is 0 Å². The van der Waals surface area contributed by atoms with Crippen LogP contribution in [0.5, 0.6) is 11.5 Å². The molecule has 0 atom stereocenters. The van der Waals surface area contributed by atoms with Crippen LogP contribution < -0.4 is 14.8 Å². The van der Waals surface area contributed by atoms with Gasteiger partial charge in [0, 0.05) is 11.6 Å². The highest BCUT2D eigenvalue weighted by Gasteiger charge is 2.28. The van der Waals surface area contributed by atoms with Gasteiger partial charge in [-0.1, -0.05) is 31.0 Å². The van der Waals surface area contributed by atoms with Crippen molar-refractivity contribution in [3.05, 3.63) is 18.2 Å². The number of amides is 1. The number of ether oxygens (including phenoxy) is 2. The summed E-state index contributed by atoms with van der Waals surface area (Å²) in [5.74, 6) is 0.899. The van der Waals surface area contributed by atoms with E-state index in [-0.39, 0.29) is 11.8 Å². The monoisotopic (exact) mass is 458 g/mol. The van der Waals surface area contributed by atoms with Gasteiger partial charge in [-0.05, 0) is 31.0 Å². The van der Waals surface area contributed by atoms with E-state index in [1.54, 1.807) is 20.3 Å². The molecule has 11 heteroatoms. The average molecular weight is 459 g/mol. The first-order valence-electron chi connectivity index (χ1n) is 9.96. The molecule has 0 radical (unpaired) electrons. The maximum absolute atomic E-state index is 12.3. The molecule has 0 saturated heterocycles. The van der Waals surface area contributed by atoms with E-state index in [0.29, 0.717) is 22.5 Å². The Morgan fingerprint density at radius 3 is 2.52 bits per heavy atom. The van der Waals surface area contributed by atoms with Gasteiger partial charge in [0.25, 0.3) is 0 Å². The molecule has 170 valence electrons. The Morgan fingerprint density at radius 1 is 1.16 bits per heavy atom. The maximum Gasteiger partial charge on any atom is 0.405 e. The van der Waals surface area contributed by atoms with Crippen LogP contribution in [-0.4, -0.2) is 53.4 Å². The Bertz CT molecular complexity index is 898. The van der Waals surface area contributed by atoms with E-state index in [2.05, 4.69) is 10.2 Å². The Kier molecular flexibility index (Phi) is 7.69. The summed E-state index contributed by atoms with van der Waals surface area (Å²) < 4.78 is 49.7. The summed E-state index contributed by atoms with van der Waals surface area (Å²) in [5, 5.41) is 11.0. The lowest BCUT2D eigenvalue weighted by atomic mass is 9.95. The van der Waals surface area contributed by atoms with E-state index in [4.69, 9.17) is 9.47 Å². The van der Waals surface area contributed by atoms with Crippen molar-refractivity contribution in [2.45, 2.75) is 49.5 Å². The standard InChI is InChI=1S/C20H25F3N4O3S/c1-29-15-9-8-13(10-16(15)30-2)18-25-26-19(27(18)14-6-4-3-5-7-14)31-11-17(28)24-12-20(21,22)23/h8-10,14H,3-7,11-12H2,1-2H3,(H,24,28). The first kappa shape index (κ1) is 23.2. The lowest BCUT2D eigenvalue weighted by Crippen LogP contribution is -2.34. The van der Waals surface area contributed by atoms with Crippen molar-refractivity contribution in [1.29, 1.82) is 0 Å². The molecule has 1 amide bonds. The number of hydrogen-bond acceptors (Lipinski definition) is 6. The van der Waals surface area contributed by atoms with Gasteiger partial charge >= 0.3 is 6.18 Å². The number of alkyl halides is 3. The summed E-state index contributed by atoms with van der Waals surface area (Å²) in [4.78, 5) is 11.9. The number of nitrogens with zero attached hydrogens (tertiary/aromatic N) is 3. The number of nitrogens with one attached hydrogen (secondary N) is 1. The maximum atomic E-state index is 12.3. The molecule has 1 heterocycles. The third-order valence-corrected chi connectivity index (χ3v) is 6.01. The highest BCUT2D eigenvalue weighted by molar-refractivity contribution is 7.99. The van der Waals surface area contributed by atoms with E-state index >= 15 is 0 Å². The molecule has 1 fully saturated rings. The van der Waals surface area contributed by atoms with Crippen molar-refractivity contribution >= 4 is 17.7 Å². The van der Waals surface area contributed by atoms with Crippen LogP contribution in [0.25, 0.3) is 11.4 Å². The van der Waals surface area contributed by atoms with Gasteiger partial charge in [-0.25, -0.2) is 0 Å². The Hall–Kier alpha value is -2.43. The first-order valence-corrected chi connectivity index (χ1v) is 10.9. The normalized spacial score (nSPS) is 15.0. The minimum atomic E-state index is -4.44. The lowest BCUT2D eigenvalue weighted by molar-refractivity contribution is -0.136. The molecule has 3 rings (SSSR count). The molecule has 1 saturated carbocycles. The fourth-order valence-electron chi connectivity index (χ4n) is 3.60. The molecule has 1 aromatic carbocycles.